The summed E-state index contributed by atoms with van der Waals surface area (Å²) in [5, 5.41) is 0. The lowest BCUT2D eigenvalue weighted by molar-refractivity contribution is 0.101. The van der Waals surface area contributed by atoms with Crippen molar-refractivity contribution in [1.82, 2.24) is 19.9 Å². The molecule has 0 aliphatic heterocycles. The van der Waals surface area contributed by atoms with Crippen molar-refractivity contribution in [2.75, 3.05) is 27.2 Å². The standard InChI is InChI=1S/C23H27N5O4/c1-15-11-30-22(25-15)18-14-31-23(26-18)20-19(9-10-28(2)3)32-21(27-20)17(24)13-29-12-16-7-5-4-6-8-16/h4-8,11,14,17H,9-10,12-13,24H2,1-3H3. The summed E-state index contributed by atoms with van der Waals surface area (Å²) in [4.78, 5) is 15.4. The highest BCUT2D eigenvalue weighted by molar-refractivity contribution is 5.56. The molecule has 1 aromatic carbocycles. The molecule has 4 aromatic rings. The van der Waals surface area contributed by atoms with Crippen molar-refractivity contribution in [3.05, 3.63) is 65.8 Å². The number of hydrogen-bond donors (Lipinski definition) is 1. The molecule has 3 aromatic heterocycles. The molecule has 0 aliphatic carbocycles. The van der Waals surface area contributed by atoms with Crippen molar-refractivity contribution >= 4 is 0 Å². The Kier molecular flexibility index (Phi) is 6.79. The van der Waals surface area contributed by atoms with Gasteiger partial charge in [0.05, 0.1) is 18.9 Å². The minimum atomic E-state index is -0.519. The maximum atomic E-state index is 6.31. The van der Waals surface area contributed by atoms with Gasteiger partial charge in [-0.3, -0.25) is 0 Å². The van der Waals surface area contributed by atoms with E-state index >= 15 is 0 Å². The van der Waals surface area contributed by atoms with E-state index in [2.05, 4.69) is 19.9 Å². The van der Waals surface area contributed by atoms with Crippen LogP contribution in [-0.2, 0) is 17.8 Å². The molecule has 1 unspecified atom stereocenters. The van der Waals surface area contributed by atoms with Crippen molar-refractivity contribution in [1.29, 1.82) is 0 Å². The lowest BCUT2D eigenvalue weighted by Crippen LogP contribution is -2.17. The Hall–Kier alpha value is -3.27. The second-order valence-electron chi connectivity index (χ2n) is 7.82. The zero-order valence-electron chi connectivity index (χ0n) is 18.4. The van der Waals surface area contributed by atoms with Gasteiger partial charge in [-0.2, -0.15) is 0 Å². The van der Waals surface area contributed by atoms with Gasteiger partial charge in [0.2, 0.25) is 17.7 Å². The first-order chi connectivity index (χ1) is 15.5. The number of oxazole rings is 3. The highest BCUT2D eigenvalue weighted by Crippen LogP contribution is 2.29. The van der Waals surface area contributed by atoms with E-state index in [0.717, 1.165) is 17.8 Å². The van der Waals surface area contributed by atoms with Gasteiger partial charge in [0.25, 0.3) is 0 Å². The third-order valence-electron chi connectivity index (χ3n) is 4.77. The predicted octanol–water partition coefficient (Wildman–Crippen LogP) is 3.61. The van der Waals surface area contributed by atoms with E-state index in [1.54, 1.807) is 6.26 Å². The Morgan fingerprint density at radius 2 is 1.81 bits per heavy atom. The minimum absolute atomic E-state index is 0.272. The number of aryl methyl sites for hydroxylation is 1. The topological polar surface area (TPSA) is 117 Å². The normalized spacial score (nSPS) is 12.5. The van der Waals surface area contributed by atoms with E-state index in [4.69, 9.17) is 23.7 Å². The maximum Gasteiger partial charge on any atom is 0.249 e. The molecule has 0 amide bonds. The molecule has 0 bridgehead atoms. The molecule has 0 aliphatic rings. The quantitative estimate of drug-likeness (QED) is 0.397. The van der Waals surface area contributed by atoms with E-state index in [0.29, 0.717) is 47.8 Å². The predicted molar refractivity (Wildman–Crippen MR) is 118 cm³/mol. The lowest BCUT2D eigenvalue weighted by atomic mass is 10.2. The molecule has 9 heteroatoms. The average Bonchev–Trinajstić information content (AvgIpc) is 3.52. The van der Waals surface area contributed by atoms with Crippen LogP contribution < -0.4 is 5.73 Å². The molecule has 2 N–H and O–H groups in total. The summed E-state index contributed by atoms with van der Waals surface area (Å²) in [5.74, 6) is 1.76. The zero-order chi connectivity index (χ0) is 22.5. The number of likely N-dealkylation sites (N-methyl/N-ethyl adjacent to an activating group) is 1. The van der Waals surface area contributed by atoms with Crippen molar-refractivity contribution in [3.63, 3.8) is 0 Å². The Labute approximate surface area is 186 Å². The molecule has 0 saturated heterocycles. The first kappa shape index (κ1) is 21.9. The number of nitrogens with zero attached hydrogens (tertiary/aromatic N) is 4. The van der Waals surface area contributed by atoms with Crippen LogP contribution in [0.3, 0.4) is 0 Å². The van der Waals surface area contributed by atoms with E-state index in [9.17, 15) is 0 Å². The molecule has 0 spiro atoms. The molecule has 9 nitrogen and oxygen atoms in total. The molecule has 168 valence electrons. The van der Waals surface area contributed by atoms with Crippen LogP contribution in [0.1, 0.15) is 29.0 Å². The van der Waals surface area contributed by atoms with Crippen molar-refractivity contribution in [2.24, 2.45) is 5.73 Å². The second kappa shape index (κ2) is 9.90. The third kappa shape index (κ3) is 5.31. The molecule has 1 atom stereocenters. The molecular formula is C23H27N5O4. The van der Waals surface area contributed by atoms with Crippen LogP contribution in [0.4, 0.5) is 0 Å². The van der Waals surface area contributed by atoms with Gasteiger partial charge >= 0.3 is 0 Å². The van der Waals surface area contributed by atoms with E-state index in [-0.39, 0.29) is 6.61 Å². The second-order valence-corrected chi connectivity index (χ2v) is 7.82. The lowest BCUT2D eigenvalue weighted by Gasteiger charge is -2.09. The van der Waals surface area contributed by atoms with Gasteiger partial charge in [-0.25, -0.2) is 15.0 Å². The van der Waals surface area contributed by atoms with E-state index in [1.807, 2.05) is 51.4 Å². The summed E-state index contributed by atoms with van der Waals surface area (Å²) in [7, 11) is 3.99. The van der Waals surface area contributed by atoms with Crippen LogP contribution >= 0.6 is 0 Å². The van der Waals surface area contributed by atoms with Gasteiger partial charge in [0, 0.05) is 13.0 Å². The van der Waals surface area contributed by atoms with E-state index in [1.165, 1.54) is 6.26 Å². The number of hydrogen-bond acceptors (Lipinski definition) is 9. The van der Waals surface area contributed by atoms with Gasteiger partial charge in [-0.1, -0.05) is 30.3 Å². The molecule has 0 fully saturated rings. The molecule has 4 rings (SSSR count). The van der Waals surface area contributed by atoms with E-state index < -0.39 is 6.04 Å². The fourth-order valence-corrected chi connectivity index (χ4v) is 3.09. The Balaban J connectivity index is 1.51. The van der Waals surface area contributed by atoms with Crippen LogP contribution in [0.5, 0.6) is 0 Å². The van der Waals surface area contributed by atoms with Gasteiger partial charge in [0.15, 0.2) is 11.4 Å². The maximum absolute atomic E-state index is 6.31. The Morgan fingerprint density at radius 3 is 2.53 bits per heavy atom. The van der Waals surface area contributed by atoms with Crippen LogP contribution in [0.25, 0.3) is 23.2 Å². The molecule has 0 radical (unpaired) electrons. The van der Waals surface area contributed by atoms with Crippen LogP contribution in [0.2, 0.25) is 0 Å². The summed E-state index contributed by atoms with van der Waals surface area (Å²) in [6.45, 7) is 3.36. The van der Waals surface area contributed by atoms with Crippen LogP contribution in [0.15, 0.2) is 56.1 Å². The monoisotopic (exact) mass is 437 g/mol. The summed E-state index contributed by atoms with van der Waals surface area (Å²) >= 11 is 0. The minimum Gasteiger partial charge on any atom is -0.443 e. The summed E-state index contributed by atoms with van der Waals surface area (Å²) in [6.07, 6.45) is 3.69. The Bertz CT molecular complexity index is 1130. The van der Waals surface area contributed by atoms with Crippen LogP contribution in [-0.4, -0.2) is 47.1 Å². The zero-order valence-corrected chi connectivity index (χ0v) is 18.4. The van der Waals surface area contributed by atoms with Crippen LogP contribution in [0, 0.1) is 6.92 Å². The Morgan fingerprint density at radius 1 is 1.03 bits per heavy atom. The van der Waals surface area contributed by atoms with Gasteiger partial charge < -0.3 is 28.6 Å². The SMILES string of the molecule is Cc1coc(-c2coc(-c3nc(C(N)COCc4ccccc4)oc3CCN(C)C)n2)n1. The number of benzene rings is 1. The number of ether oxygens (including phenoxy) is 1. The van der Waals surface area contributed by atoms with Crippen molar-refractivity contribution in [2.45, 2.75) is 26.0 Å². The molecule has 32 heavy (non-hydrogen) atoms. The first-order valence-electron chi connectivity index (χ1n) is 10.4. The van der Waals surface area contributed by atoms with Crippen molar-refractivity contribution < 1.29 is 18.0 Å². The van der Waals surface area contributed by atoms with Crippen molar-refractivity contribution in [3.8, 4) is 23.2 Å². The van der Waals surface area contributed by atoms with Gasteiger partial charge in [0.1, 0.15) is 24.3 Å². The summed E-state index contributed by atoms with van der Waals surface area (Å²) < 4.78 is 22.9. The molecular weight excluding hydrogens is 410 g/mol. The number of rotatable bonds is 10. The largest absolute Gasteiger partial charge is 0.443 e. The highest BCUT2D eigenvalue weighted by atomic mass is 16.5. The number of aromatic nitrogens is 3. The highest BCUT2D eigenvalue weighted by Gasteiger charge is 2.24. The fourth-order valence-electron chi connectivity index (χ4n) is 3.09. The first-order valence-corrected chi connectivity index (χ1v) is 10.4. The summed E-state index contributed by atoms with van der Waals surface area (Å²) in [5.41, 5.74) is 9.16. The fraction of sp³-hybridized carbons (Fsp3) is 0.348. The third-order valence-corrected chi connectivity index (χ3v) is 4.77. The summed E-state index contributed by atoms with van der Waals surface area (Å²) in [6, 6.07) is 9.40. The molecule has 0 saturated carbocycles. The number of nitrogens with two attached hydrogens (primary N) is 1. The smallest absolute Gasteiger partial charge is 0.249 e. The average molecular weight is 438 g/mol. The van der Waals surface area contributed by atoms with Gasteiger partial charge in [-0.05, 0) is 26.6 Å². The molecule has 3 heterocycles. The van der Waals surface area contributed by atoms with Gasteiger partial charge in [-0.15, -0.1) is 0 Å².